The lowest BCUT2D eigenvalue weighted by molar-refractivity contribution is 0.135. The molecule has 0 amide bonds. The quantitative estimate of drug-likeness (QED) is 0.126. The molecule has 0 aliphatic carbocycles. The van der Waals surface area contributed by atoms with Crippen molar-refractivity contribution in [1.29, 1.82) is 0 Å². The monoisotopic (exact) mass is 559 g/mol. The van der Waals surface area contributed by atoms with Gasteiger partial charge in [0.2, 0.25) is 0 Å². The Hall–Kier alpha value is -1.34. The van der Waals surface area contributed by atoms with Crippen molar-refractivity contribution in [3.63, 3.8) is 0 Å². The molecule has 0 saturated carbocycles. The van der Waals surface area contributed by atoms with E-state index in [1.807, 2.05) is 22.1 Å². The molecule has 0 bridgehead atoms. The third-order valence-corrected chi connectivity index (χ3v) is 8.40. The third-order valence-electron chi connectivity index (χ3n) is 6.32. The van der Waals surface area contributed by atoms with Gasteiger partial charge in [-0.2, -0.15) is 0 Å². The zero-order valence-electron chi connectivity index (χ0n) is 19.3. The Balaban J connectivity index is 1.78. The van der Waals surface area contributed by atoms with E-state index in [2.05, 4.69) is 119 Å². The minimum atomic E-state index is 0.352. The van der Waals surface area contributed by atoms with Crippen molar-refractivity contribution < 1.29 is 4.74 Å². The van der Waals surface area contributed by atoms with Crippen LogP contribution in [0.25, 0.3) is 0 Å². The van der Waals surface area contributed by atoms with Gasteiger partial charge in [-0.3, -0.25) is 0 Å². The molecule has 4 atom stereocenters. The predicted octanol–water partition coefficient (Wildman–Crippen LogP) is 8.32. The smallest absolute Gasteiger partial charge is 0.0713 e. The largest absolute Gasteiger partial charge is 0.377 e. The molecule has 1 aliphatic heterocycles. The number of allylic oxidation sites excluding steroid dienone is 3. The summed E-state index contributed by atoms with van der Waals surface area (Å²) in [7, 11) is 1.84. The fourth-order valence-electron chi connectivity index (χ4n) is 4.66. The normalized spacial score (nSPS) is 24.3. The molecular weight excluding hydrogens is 525 g/mol. The van der Waals surface area contributed by atoms with Gasteiger partial charge in [0.25, 0.3) is 0 Å². The number of halogens is 1. The molecule has 170 valence electrons. The Morgan fingerprint density at radius 1 is 1.06 bits per heavy atom. The van der Waals surface area contributed by atoms with E-state index in [9.17, 15) is 0 Å². The predicted molar refractivity (Wildman–Crippen MR) is 148 cm³/mol. The van der Waals surface area contributed by atoms with Gasteiger partial charge in [0.15, 0.2) is 0 Å². The summed E-state index contributed by atoms with van der Waals surface area (Å²) < 4.78 is 8.74. The average Bonchev–Trinajstić information content (AvgIpc) is 3.10. The van der Waals surface area contributed by atoms with Crippen molar-refractivity contribution in [2.75, 3.05) is 13.2 Å². The molecule has 1 saturated heterocycles. The molecule has 0 radical (unpaired) electrons. The van der Waals surface area contributed by atoms with E-state index in [1.54, 1.807) is 0 Å². The molecule has 4 heteroatoms. The van der Waals surface area contributed by atoms with E-state index in [1.165, 1.54) is 16.7 Å². The van der Waals surface area contributed by atoms with E-state index in [0.717, 1.165) is 18.6 Å². The molecule has 2 nitrogen and oxygen atoms in total. The highest BCUT2D eigenvalue weighted by Gasteiger charge is 2.47. The van der Waals surface area contributed by atoms with Gasteiger partial charge in [0, 0.05) is 39.8 Å². The van der Waals surface area contributed by atoms with Gasteiger partial charge in [-0.05, 0) is 58.9 Å². The van der Waals surface area contributed by atoms with Crippen molar-refractivity contribution in [3.05, 3.63) is 108 Å². The second-order valence-corrected chi connectivity index (χ2v) is 10.3. The average molecular weight is 560 g/mol. The van der Waals surface area contributed by atoms with Gasteiger partial charge < -0.3 is 4.74 Å². The van der Waals surface area contributed by atoms with Crippen LogP contribution in [0.5, 0.6) is 0 Å². The maximum absolute atomic E-state index is 6.15. The van der Waals surface area contributed by atoms with Crippen molar-refractivity contribution in [2.24, 2.45) is 5.92 Å². The summed E-state index contributed by atoms with van der Waals surface area (Å²) in [4.78, 5) is 0. The lowest BCUT2D eigenvalue weighted by Gasteiger charge is -2.28. The summed E-state index contributed by atoms with van der Waals surface area (Å²) >= 11 is 2.45. The summed E-state index contributed by atoms with van der Waals surface area (Å²) in [6, 6.07) is 22.8. The molecule has 0 spiro atoms. The van der Waals surface area contributed by atoms with Crippen molar-refractivity contribution in [1.82, 2.24) is 4.31 Å². The minimum absolute atomic E-state index is 0.352. The molecule has 1 aliphatic rings. The Labute approximate surface area is 210 Å². The molecule has 1 heterocycles. The first kappa shape index (κ1) is 25.3. The zero-order chi connectivity index (χ0) is 22.9. The van der Waals surface area contributed by atoms with Crippen LogP contribution in [0.3, 0.4) is 0 Å². The summed E-state index contributed by atoms with van der Waals surface area (Å²) in [5, 5.41) is 0. The SMILES string of the molecule is C=C(C)/C=C\C(=C/C)COCCC1[C@@H](C)N(SI)[C@H](c2ccccc2)[C@H]1c1ccccc1. The van der Waals surface area contributed by atoms with Crippen LogP contribution in [0.15, 0.2) is 96.6 Å². The van der Waals surface area contributed by atoms with Gasteiger partial charge in [-0.15, -0.1) is 0 Å². The summed E-state index contributed by atoms with van der Waals surface area (Å²) in [6.07, 6.45) is 7.31. The Morgan fingerprint density at radius 2 is 1.69 bits per heavy atom. The minimum Gasteiger partial charge on any atom is -0.377 e. The van der Waals surface area contributed by atoms with Crippen molar-refractivity contribution >= 4 is 30.3 Å². The number of hydrogen-bond acceptors (Lipinski definition) is 3. The van der Waals surface area contributed by atoms with Gasteiger partial charge in [0.05, 0.1) is 12.6 Å². The lowest BCUT2D eigenvalue weighted by atomic mass is 9.78. The van der Waals surface area contributed by atoms with E-state index in [4.69, 9.17) is 4.74 Å². The number of hydrogen-bond donors (Lipinski definition) is 0. The molecular formula is C28H34INOS. The maximum atomic E-state index is 6.15. The van der Waals surface area contributed by atoms with Crippen LogP contribution < -0.4 is 0 Å². The highest BCUT2D eigenvalue weighted by atomic mass is 127. The fourth-order valence-corrected chi connectivity index (χ4v) is 7.09. The standard InChI is InChI=1S/C28H34INOS/c1-5-23(17-16-21(2)3)20-31-19-18-26-22(4)30(32-29)28(25-14-10-7-11-15-25)27(26)24-12-8-6-9-13-24/h5-17,22,26-28H,2,18-20H2,1,3-4H3/b17-16-,23-5+/t22-,26?,27+,28-/m1/s1. The molecule has 0 N–H and O–H groups in total. The lowest BCUT2D eigenvalue weighted by Crippen LogP contribution is -2.25. The second kappa shape index (κ2) is 12.8. The number of nitrogens with zero attached hydrogens (tertiary/aromatic N) is 1. The maximum Gasteiger partial charge on any atom is 0.0713 e. The highest BCUT2D eigenvalue weighted by molar-refractivity contribution is 14.2. The van der Waals surface area contributed by atoms with Crippen LogP contribution in [0.1, 0.15) is 50.3 Å². The van der Waals surface area contributed by atoms with E-state index in [0.29, 0.717) is 30.5 Å². The summed E-state index contributed by atoms with van der Waals surface area (Å²) in [5.41, 5.74) is 5.06. The van der Waals surface area contributed by atoms with Crippen LogP contribution in [0.4, 0.5) is 0 Å². The van der Waals surface area contributed by atoms with Gasteiger partial charge in [-0.1, -0.05) is 91.0 Å². The van der Waals surface area contributed by atoms with Gasteiger partial charge >= 0.3 is 0 Å². The first-order valence-electron chi connectivity index (χ1n) is 11.3. The fraction of sp³-hybridized carbons (Fsp3) is 0.357. The van der Waals surface area contributed by atoms with Crippen LogP contribution in [0.2, 0.25) is 0 Å². The number of benzene rings is 2. The Morgan fingerprint density at radius 3 is 2.25 bits per heavy atom. The van der Waals surface area contributed by atoms with Crippen LogP contribution in [-0.4, -0.2) is 23.6 Å². The van der Waals surface area contributed by atoms with E-state index >= 15 is 0 Å². The molecule has 0 aromatic heterocycles. The topological polar surface area (TPSA) is 12.5 Å². The highest BCUT2D eigenvalue weighted by Crippen LogP contribution is 2.55. The number of ether oxygens (including phenoxy) is 1. The third kappa shape index (κ3) is 6.37. The van der Waals surface area contributed by atoms with Crippen LogP contribution >= 0.6 is 30.3 Å². The Kier molecular flexibility index (Phi) is 10.1. The van der Waals surface area contributed by atoms with Crippen LogP contribution in [0, 0.1) is 5.92 Å². The van der Waals surface area contributed by atoms with Crippen molar-refractivity contribution in [3.8, 4) is 0 Å². The second-order valence-electron chi connectivity index (χ2n) is 8.51. The molecule has 1 fully saturated rings. The van der Waals surface area contributed by atoms with E-state index < -0.39 is 0 Å². The molecule has 2 aromatic rings. The summed E-state index contributed by atoms with van der Waals surface area (Å²) in [5.74, 6) is 0.953. The molecule has 1 unspecified atom stereocenters. The van der Waals surface area contributed by atoms with Gasteiger partial charge in [0.1, 0.15) is 0 Å². The first-order chi connectivity index (χ1) is 15.6. The first-order valence-corrected chi connectivity index (χ1v) is 14.6. The number of rotatable bonds is 10. The molecule has 2 aromatic carbocycles. The summed E-state index contributed by atoms with van der Waals surface area (Å²) in [6.45, 7) is 11.8. The Bertz CT molecular complexity index is 912. The van der Waals surface area contributed by atoms with Crippen LogP contribution in [-0.2, 0) is 4.74 Å². The zero-order valence-corrected chi connectivity index (χ0v) is 22.3. The van der Waals surface area contributed by atoms with E-state index in [-0.39, 0.29) is 0 Å². The van der Waals surface area contributed by atoms with Gasteiger partial charge in [-0.25, -0.2) is 4.31 Å². The molecule has 32 heavy (non-hydrogen) atoms. The van der Waals surface area contributed by atoms with Crippen molar-refractivity contribution in [2.45, 2.75) is 45.2 Å². The molecule has 3 rings (SSSR count).